The van der Waals surface area contributed by atoms with E-state index in [-0.39, 0.29) is 39.6 Å². The molecule has 0 spiro atoms. The first-order valence-corrected chi connectivity index (χ1v) is 8.92. The van der Waals surface area contributed by atoms with Gasteiger partial charge in [0, 0.05) is 16.1 Å². The van der Waals surface area contributed by atoms with Crippen molar-refractivity contribution in [1.82, 2.24) is 5.32 Å². The van der Waals surface area contributed by atoms with E-state index in [0.29, 0.717) is 5.56 Å². The molecule has 2 rings (SSSR count). The van der Waals surface area contributed by atoms with Crippen molar-refractivity contribution in [3.05, 3.63) is 63.6 Å². The summed E-state index contributed by atoms with van der Waals surface area (Å²) >= 11 is 12.2. The van der Waals surface area contributed by atoms with Crippen LogP contribution >= 0.6 is 23.2 Å². The smallest absolute Gasteiger partial charge is 0.224 e. The fourth-order valence-electron chi connectivity index (χ4n) is 2.59. The molecule has 0 aromatic heterocycles. The predicted molar refractivity (Wildman–Crippen MR) is 103 cm³/mol. The molecule has 2 N–H and O–H groups in total. The van der Waals surface area contributed by atoms with E-state index in [0.717, 1.165) is 6.42 Å². The molecule has 0 aliphatic carbocycles. The molecule has 1 atom stereocenters. The predicted octanol–water partition coefficient (Wildman–Crippen LogP) is 5.02. The molecule has 0 radical (unpaired) electrons. The number of hydrogen-bond acceptors (Lipinski definition) is 2. The van der Waals surface area contributed by atoms with E-state index >= 15 is 0 Å². The van der Waals surface area contributed by atoms with Crippen molar-refractivity contribution < 1.29 is 9.90 Å². The lowest BCUT2D eigenvalue weighted by molar-refractivity contribution is -0.121. The van der Waals surface area contributed by atoms with Gasteiger partial charge in [-0.05, 0) is 35.1 Å². The van der Waals surface area contributed by atoms with Crippen LogP contribution in [0.4, 0.5) is 0 Å². The van der Waals surface area contributed by atoms with Crippen molar-refractivity contribution in [3.63, 3.8) is 0 Å². The van der Waals surface area contributed by atoms with Gasteiger partial charge in [0.2, 0.25) is 5.91 Å². The van der Waals surface area contributed by atoms with E-state index in [1.165, 1.54) is 17.7 Å². The standard InChI is InChI=1S/C20H23Cl2NO2/c1-20(2,3)18(9-13-7-5-4-6-8-13)23-19(25)12-15-16(21)10-14(24)11-17(15)22/h4-8,10-11,18,24H,9,12H2,1-3H3,(H,23,25)/t18-/m0/s1. The molecule has 25 heavy (non-hydrogen) atoms. The van der Waals surface area contributed by atoms with Crippen LogP contribution in [0.15, 0.2) is 42.5 Å². The highest BCUT2D eigenvalue weighted by Gasteiger charge is 2.27. The molecule has 0 aliphatic rings. The Labute approximate surface area is 159 Å². The minimum Gasteiger partial charge on any atom is -0.508 e. The minimum absolute atomic E-state index is 0.0178. The van der Waals surface area contributed by atoms with Gasteiger partial charge in [0.25, 0.3) is 0 Å². The summed E-state index contributed by atoms with van der Waals surface area (Å²) in [6.07, 6.45) is 0.812. The lowest BCUT2D eigenvalue weighted by Crippen LogP contribution is -2.45. The Bertz CT molecular complexity index is 716. The van der Waals surface area contributed by atoms with Gasteiger partial charge in [0.1, 0.15) is 5.75 Å². The molecular formula is C20H23Cl2NO2. The van der Waals surface area contributed by atoms with Crippen LogP contribution in [-0.2, 0) is 17.6 Å². The number of halogens is 2. The third-order valence-electron chi connectivity index (χ3n) is 4.13. The third kappa shape index (κ3) is 5.65. The zero-order valence-electron chi connectivity index (χ0n) is 14.6. The van der Waals surface area contributed by atoms with Crippen molar-refractivity contribution >= 4 is 29.1 Å². The third-order valence-corrected chi connectivity index (χ3v) is 4.80. The Balaban J connectivity index is 2.12. The number of amides is 1. The van der Waals surface area contributed by atoms with E-state index in [4.69, 9.17) is 23.2 Å². The maximum atomic E-state index is 12.6. The Morgan fingerprint density at radius 2 is 1.68 bits per heavy atom. The van der Waals surface area contributed by atoms with Crippen LogP contribution in [0.1, 0.15) is 31.9 Å². The first-order chi connectivity index (χ1) is 11.7. The average molecular weight is 380 g/mol. The van der Waals surface area contributed by atoms with Crippen LogP contribution < -0.4 is 5.32 Å². The molecule has 0 saturated heterocycles. The highest BCUT2D eigenvalue weighted by atomic mass is 35.5. The number of hydrogen-bond donors (Lipinski definition) is 2. The van der Waals surface area contributed by atoms with E-state index in [2.05, 4.69) is 38.2 Å². The largest absolute Gasteiger partial charge is 0.508 e. The number of nitrogens with one attached hydrogen (secondary N) is 1. The van der Waals surface area contributed by atoms with Crippen molar-refractivity contribution in [2.24, 2.45) is 5.41 Å². The first kappa shape index (κ1) is 19.6. The van der Waals surface area contributed by atoms with Gasteiger partial charge in [-0.3, -0.25) is 4.79 Å². The molecule has 0 fully saturated rings. The van der Waals surface area contributed by atoms with Crippen molar-refractivity contribution in [2.45, 2.75) is 39.7 Å². The van der Waals surface area contributed by atoms with Crippen molar-refractivity contribution in [1.29, 1.82) is 0 Å². The van der Waals surface area contributed by atoms with Gasteiger partial charge in [0.05, 0.1) is 6.42 Å². The molecule has 0 unspecified atom stereocenters. The van der Waals surface area contributed by atoms with Gasteiger partial charge in [-0.2, -0.15) is 0 Å². The topological polar surface area (TPSA) is 49.3 Å². The number of carbonyl (C=O) groups excluding carboxylic acids is 1. The van der Waals surface area contributed by atoms with Crippen LogP contribution in [0.25, 0.3) is 0 Å². The lowest BCUT2D eigenvalue weighted by atomic mass is 9.83. The summed E-state index contributed by atoms with van der Waals surface area (Å²) in [7, 11) is 0. The normalized spacial score (nSPS) is 12.7. The molecule has 5 heteroatoms. The second kappa shape index (κ2) is 8.11. The fourth-order valence-corrected chi connectivity index (χ4v) is 3.20. The van der Waals surface area contributed by atoms with E-state index in [1.54, 1.807) is 0 Å². The molecule has 2 aromatic rings. The minimum atomic E-state index is -0.148. The van der Waals surface area contributed by atoms with Gasteiger partial charge in [-0.25, -0.2) is 0 Å². The monoisotopic (exact) mass is 379 g/mol. The average Bonchev–Trinajstić information content (AvgIpc) is 2.50. The Kier molecular flexibility index (Phi) is 6.36. The van der Waals surface area contributed by atoms with E-state index in [9.17, 15) is 9.90 Å². The molecule has 134 valence electrons. The summed E-state index contributed by atoms with van der Waals surface area (Å²) in [4.78, 5) is 12.6. The molecule has 0 bridgehead atoms. The molecule has 0 heterocycles. The van der Waals surface area contributed by atoms with Crippen LogP contribution in [0.5, 0.6) is 5.75 Å². The quantitative estimate of drug-likeness (QED) is 0.766. The van der Waals surface area contributed by atoms with Crippen LogP contribution in [0.2, 0.25) is 10.0 Å². The van der Waals surface area contributed by atoms with Crippen LogP contribution in [-0.4, -0.2) is 17.1 Å². The van der Waals surface area contributed by atoms with Gasteiger partial charge in [0.15, 0.2) is 0 Å². The number of benzene rings is 2. The first-order valence-electron chi connectivity index (χ1n) is 8.17. The molecule has 0 saturated carbocycles. The van der Waals surface area contributed by atoms with E-state index < -0.39 is 0 Å². The highest BCUT2D eigenvalue weighted by Crippen LogP contribution is 2.30. The lowest BCUT2D eigenvalue weighted by Gasteiger charge is -2.32. The number of rotatable bonds is 5. The van der Waals surface area contributed by atoms with Crippen LogP contribution in [0, 0.1) is 5.41 Å². The Morgan fingerprint density at radius 1 is 1.12 bits per heavy atom. The molecule has 0 aliphatic heterocycles. The Morgan fingerprint density at radius 3 is 2.20 bits per heavy atom. The molecule has 2 aromatic carbocycles. The van der Waals surface area contributed by atoms with E-state index in [1.807, 2.05) is 18.2 Å². The highest BCUT2D eigenvalue weighted by molar-refractivity contribution is 6.36. The van der Waals surface area contributed by atoms with Gasteiger partial charge < -0.3 is 10.4 Å². The Hall–Kier alpha value is -1.71. The van der Waals surface area contributed by atoms with Gasteiger partial charge >= 0.3 is 0 Å². The second-order valence-electron chi connectivity index (χ2n) is 7.24. The molecule has 3 nitrogen and oxygen atoms in total. The number of phenolic OH excluding ortho intramolecular Hbond substituents is 1. The molecule has 1 amide bonds. The zero-order valence-corrected chi connectivity index (χ0v) is 16.2. The van der Waals surface area contributed by atoms with Gasteiger partial charge in [-0.15, -0.1) is 0 Å². The maximum Gasteiger partial charge on any atom is 0.224 e. The van der Waals surface area contributed by atoms with Crippen LogP contribution in [0.3, 0.4) is 0 Å². The van der Waals surface area contributed by atoms with Crippen molar-refractivity contribution in [2.75, 3.05) is 0 Å². The fraction of sp³-hybridized carbons (Fsp3) is 0.350. The van der Waals surface area contributed by atoms with Crippen molar-refractivity contribution in [3.8, 4) is 5.75 Å². The maximum absolute atomic E-state index is 12.6. The summed E-state index contributed by atoms with van der Waals surface area (Å²) in [5.41, 5.74) is 1.59. The summed E-state index contributed by atoms with van der Waals surface area (Å²) in [5, 5.41) is 13.2. The summed E-state index contributed by atoms with van der Waals surface area (Å²) in [6, 6.07) is 12.8. The molecular weight excluding hydrogens is 357 g/mol. The van der Waals surface area contributed by atoms with Gasteiger partial charge in [-0.1, -0.05) is 74.3 Å². The number of phenols is 1. The number of carbonyl (C=O) groups is 1. The number of aromatic hydroxyl groups is 1. The summed E-state index contributed by atoms with van der Waals surface area (Å²) in [5.74, 6) is -0.166. The summed E-state index contributed by atoms with van der Waals surface area (Å²) < 4.78 is 0. The SMILES string of the molecule is CC(C)(C)[C@H](Cc1ccccc1)NC(=O)Cc1c(Cl)cc(O)cc1Cl. The zero-order chi connectivity index (χ0) is 18.6. The summed E-state index contributed by atoms with van der Waals surface area (Å²) in [6.45, 7) is 6.30. The second-order valence-corrected chi connectivity index (χ2v) is 8.05.